The normalized spacial score (nSPS) is 10.8. The molecule has 0 spiro atoms. The fourth-order valence-corrected chi connectivity index (χ4v) is 0.819. The first-order chi connectivity index (χ1) is 5.33. The van der Waals surface area contributed by atoms with Gasteiger partial charge in [-0.2, -0.15) is 0 Å². The molecule has 0 bridgehead atoms. The molecule has 1 aromatic rings. The van der Waals surface area contributed by atoms with Crippen molar-refractivity contribution in [2.75, 3.05) is 20.3 Å². The molecule has 1 heterocycles. The fourth-order valence-electron chi connectivity index (χ4n) is 0.819. The van der Waals surface area contributed by atoms with Gasteiger partial charge in [0.05, 0.1) is 5.69 Å². The highest BCUT2D eigenvalue weighted by molar-refractivity contribution is 4.94. The molecule has 0 aliphatic rings. The third kappa shape index (κ3) is 2.67. The number of hydrogen-bond acceptors (Lipinski definition) is 3. The van der Waals surface area contributed by atoms with E-state index in [0.29, 0.717) is 13.1 Å². The van der Waals surface area contributed by atoms with Crippen molar-refractivity contribution in [2.24, 2.45) is 0 Å². The molecule has 1 rings (SSSR count). The van der Waals surface area contributed by atoms with Crippen molar-refractivity contribution in [3.8, 4) is 0 Å². The monoisotopic (exact) mass is 158 g/mol. The zero-order valence-electron chi connectivity index (χ0n) is 6.46. The van der Waals surface area contributed by atoms with Crippen LogP contribution in [0.5, 0.6) is 0 Å². The van der Waals surface area contributed by atoms with E-state index in [1.54, 1.807) is 6.07 Å². The van der Waals surface area contributed by atoms with Crippen molar-refractivity contribution in [2.45, 2.75) is 6.54 Å². The Labute approximate surface area is 64.8 Å². The van der Waals surface area contributed by atoms with Crippen LogP contribution in [0.25, 0.3) is 0 Å². The van der Waals surface area contributed by atoms with E-state index in [1.165, 1.54) is 6.26 Å². The quantitative estimate of drug-likeness (QED) is 0.656. The van der Waals surface area contributed by atoms with Crippen molar-refractivity contribution in [1.29, 1.82) is 0 Å². The SMILES string of the molecule is CN(CCF)Cc1ccon1. The van der Waals surface area contributed by atoms with E-state index in [0.717, 1.165) is 5.69 Å². The van der Waals surface area contributed by atoms with Crippen LogP contribution in [0, 0.1) is 0 Å². The standard InChI is InChI=1S/C7H11FN2O/c1-10(4-3-8)6-7-2-5-11-9-7/h2,5H,3-4,6H2,1H3. The average Bonchev–Trinajstić information content (AvgIpc) is 2.40. The number of hydrogen-bond donors (Lipinski definition) is 0. The van der Waals surface area contributed by atoms with Crippen molar-refractivity contribution in [3.63, 3.8) is 0 Å². The fraction of sp³-hybridized carbons (Fsp3) is 0.571. The van der Waals surface area contributed by atoms with Gasteiger partial charge in [0.1, 0.15) is 12.9 Å². The molecule has 0 saturated carbocycles. The van der Waals surface area contributed by atoms with Gasteiger partial charge in [-0.05, 0) is 7.05 Å². The Morgan fingerprint density at radius 3 is 3.09 bits per heavy atom. The van der Waals surface area contributed by atoms with Crippen molar-refractivity contribution >= 4 is 0 Å². The molecule has 0 amide bonds. The summed E-state index contributed by atoms with van der Waals surface area (Å²) in [5.74, 6) is 0. The minimum Gasteiger partial charge on any atom is -0.364 e. The van der Waals surface area contributed by atoms with Gasteiger partial charge in [-0.1, -0.05) is 5.16 Å². The van der Waals surface area contributed by atoms with Gasteiger partial charge >= 0.3 is 0 Å². The van der Waals surface area contributed by atoms with Crippen LogP contribution in [0.15, 0.2) is 16.9 Å². The van der Waals surface area contributed by atoms with Crippen LogP contribution < -0.4 is 0 Å². The Kier molecular flexibility index (Phi) is 3.04. The third-order valence-corrected chi connectivity index (χ3v) is 1.39. The maximum absolute atomic E-state index is 11.8. The van der Waals surface area contributed by atoms with Crippen molar-refractivity contribution < 1.29 is 8.91 Å². The summed E-state index contributed by atoms with van der Waals surface area (Å²) in [6.07, 6.45) is 1.51. The molecule has 0 saturated heterocycles. The van der Waals surface area contributed by atoms with Crippen LogP contribution in [-0.2, 0) is 6.54 Å². The molecule has 62 valence electrons. The summed E-state index contributed by atoms with van der Waals surface area (Å²) in [4.78, 5) is 1.85. The Morgan fingerprint density at radius 2 is 2.55 bits per heavy atom. The predicted octanol–water partition coefficient (Wildman–Crippen LogP) is 1.08. The molecule has 0 fully saturated rings. The molecule has 0 aromatic carbocycles. The largest absolute Gasteiger partial charge is 0.364 e. The predicted molar refractivity (Wildman–Crippen MR) is 38.8 cm³/mol. The second-order valence-corrected chi connectivity index (χ2v) is 2.42. The summed E-state index contributed by atoms with van der Waals surface area (Å²) in [7, 11) is 1.84. The van der Waals surface area contributed by atoms with Crippen LogP contribution in [0.4, 0.5) is 4.39 Å². The smallest absolute Gasteiger partial charge is 0.124 e. The molecule has 0 unspecified atom stereocenters. The molecule has 3 nitrogen and oxygen atoms in total. The van der Waals surface area contributed by atoms with Crippen LogP contribution in [0.3, 0.4) is 0 Å². The summed E-state index contributed by atoms with van der Waals surface area (Å²) in [5.41, 5.74) is 0.834. The zero-order valence-corrected chi connectivity index (χ0v) is 6.46. The molecule has 1 aromatic heterocycles. The van der Waals surface area contributed by atoms with E-state index in [9.17, 15) is 4.39 Å². The number of halogens is 1. The summed E-state index contributed by atoms with van der Waals surface area (Å²) in [5, 5.41) is 3.70. The van der Waals surface area contributed by atoms with Gasteiger partial charge in [0.2, 0.25) is 0 Å². The second kappa shape index (κ2) is 4.08. The van der Waals surface area contributed by atoms with E-state index in [4.69, 9.17) is 0 Å². The number of nitrogens with zero attached hydrogens (tertiary/aromatic N) is 2. The zero-order chi connectivity index (χ0) is 8.10. The second-order valence-electron chi connectivity index (χ2n) is 2.42. The lowest BCUT2D eigenvalue weighted by molar-refractivity contribution is 0.279. The molecular formula is C7H11FN2O. The number of rotatable bonds is 4. The lowest BCUT2D eigenvalue weighted by Crippen LogP contribution is -2.20. The Morgan fingerprint density at radius 1 is 1.73 bits per heavy atom. The summed E-state index contributed by atoms with van der Waals surface area (Å²) >= 11 is 0. The molecule has 0 atom stereocenters. The van der Waals surface area contributed by atoms with Crippen LogP contribution >= 0.6 is 0 Å². The van der Waals surface area contributed by atoms with E-state index in [1.807, 2.05) is 11.9 Å². The highest BCUT2D eigenvalue weighted by Gasteiger charge is 2.01. The number of alkyl halides is 1. The minimum absolute atomic E-state index is 0.325. The van der Waals surface area contributed by atoms with Gasteiger partial charge < -0.3 is 4.52 Å². The summed E-state index contributed by atoms with van der Waals surface area (Å²) < 4.78 is 16.4. The van der Waals surface area contributed by atoms with E-state index >= 15 is 0 Å². The first-order valence-corrected chi connectivity index (χ1v) is 3.46. The van der Waals surface area contributed by atoms with Gasteiger partial charge in [-0.3, -0.25) is 4.90 Å². The van der Waals surface area contributed by atoms with E-state index < -0.39 is 0 Å². The molecular weight excluding hydrogens is 147 g/mol. The maximum Gasteiger partial charge on any atom is 0.124 e. The molecule has 4 heteroatoms. The molecule has 11 heavy (non-hydrogen) atoms. The highest BCUT2D eigenvalue weighted by atomic mass is 19.1. The van der Waals surface area contributed by atoms with E-state index in [-0.39, 0.29) is 6.67 Å². The Bertz CT molecular complexity index is 188. The van der Waals surface area contributed by atoms with Gasteiger partial charge in [0.25, 0.3) is 0 Å². The molecule has 0 radical (unpaired) electrons. The Hall–Kier alpha value is -0.900. The maximum atomic E-state index is 11.8. The topological polar surface area (TPSA) is 29.3 Å². The molecule has 0 N–H and O–H groups in total. The highest BCUT2D eigenvalue weighted by Crippen LogP contribution is 1.98. The van der Waals surface area contributed by atoms with Gasteiger partial charge in [0.15, 0.2) is 0 Å². The van der Waals surface area contributed by atoms with Crippen LogP contribution in [-0.4, -0.2) is 30.3 Å². The lowest BCUT2D eigenvalue weighted by atomic mass is 10.4. The summed E-state index contributed by atoms with van der Waals surface area (Å²) in [6.45, 7) is 0.752. The van der Waals surface area contributed by atoms with Crippen LogP contribution in [0.2, 0.25) is 0 Å². The van der Waals surface area contributed by atoms with Crippen LogP contribution in [0.1, 0.15) is 5.69 Å². The van der Waals surface area contributed by atoms with Gasteiger partial charge in [-0.25, -0.2) is 4.39 Å². The Balaban J connectivity index is 2.31. The molecule has 0 aliphatic heterocycles. The molecule has 0 aliphatic carbocycles. The van der Waals surface area contributed by atoms with Crippen molar-refractivity contribution in [3.05, 3.63) is 18.0 Å². The average molecular weight is 158 g/mol. The lowest BCUT2D eigenvalue weighted by Gasteiger charge is -2.11. The van der Waals surface area contributed by atoms with E-state index in [2.05, 4.69) is 9.68 Å². The number of aromatic nitrogens is 1. The first-order valence-electron chi connectivity index (χ1n) is 3.46. The third-order valence-electron chi connectivity index (χ3n) is 1.39. The first kappa shape index (κ1) is 8.20. The minimum atomic E-state index is -0.325. The van der Waals surface area contributed by atoms with Crippen molar-refractivity contribution in [1.82, 2.24) is 10.1 Å². The summed E-state index contributed by atoms with van der Waals surface area (Å²) in [6, 6.07) is 1.77. The van der Waals surface area contributed by atoms with Gasteiger partial charge in [0, 0.05) is 19.2 Å². The van der Waals surface area contributed by atoms with Gasteiger partial charge in [-0.15, -0.1) is 0 Å².